The molecule has 0 saturated carbocycles. The molecule has 0 aliphatic rings. The highest BCUT2D eigenvalue weighted by Crippen LogP contribution is 2.19. The molecule has 0 radical (unpaired) electrons. The molecule has 19 heavy (non-hydrogen) atoms. The first-order chi connectivity index (χ1) is 9.40. The Hall–Kier alpha value is -2.62. The minimum absolute atomic E-state index is 0.817. The molecule has 0 unspecified atom stereocenters. The summed E-state index contributed by atoms with van der Waals surface area (Å²) in [5.41, 5.74) is 4.38. The highest BCUT2D eigenvalue weighted by atomic mass is 14.9. The Morgan fingerprint density at radius 3 is 2.89 bits per heavy atom. The number of H-pyrrole nitrogens is 2. The highest BCUT2D eigenvalue weighted by Gasteiger charge is 2.06. The van der Waals surface area contributed by atoms with Crippen LogP contribution in [0.1, 0.15) is 11.3 Å². The van der Waals surface area contributed by atoms with Crippen LogP contribution < -0.4 is 0 Å². The molecule has 0 aliphatic heterocycles. The lowest BCUT2D eigenvalue weighted by Crippen LogP contribution is -1.94. The lowest BCUT2D eigenvalue weighted by atomic mass is 10.1. The molecule has 2 N–H and O–H groups in total. The van der Waals surface area contributed by atoms with Crippen LogP contribution in [-0.4, -0.2) is 19.9 Å². The first kappa shape index (κ1) is 10.3. The average molecular weight is 248 g/mol. The van der Waals surface area contributed by atoms with E-state index in [-0.39, 0.29) is 0 Å². The van der Waals surface area contributed by atoms with Crippen LogP contribution in [0.5, 0.6) is 0 Å². The topological polar surface area (TPSA) is 57.4 Å². The molecule has 0 atom stereocenters. The van der Waals surface area contributed by atoms with Gasteiger partial charge in [-0.05, 0) is 35.2 Å². The molecular weight excluding hydrogens is 236 g/mol. The van der Waals surface area contributed by atoms with Crippen LogP contribution in [0.4, 0.5) is 0 Å². The van der Waals surface area contributed by atoms with Gasteiger partial charge in [0, 0.05) is 29.7 Å². The summed E-state index contributed by atoms with van der Waals surface area (Å²) in [6.45, 7) is 0. The Kier molecular flexibility index (Phi) is 2.14. The van der Waals surface area contributed by atoms with Crippen molar-refractivity contribution in [3.63, 3.8) is 0 Å². The maximum Gasteiger partial charge on any atom is 0.140 e. The van der Waals surface area contributed by atoms with Gasteiger partial charge in [0.25, 0.3) is 0 Å². The maximum absolute atomic E-state index is 4.40. The number of aromatic amines is 2. The van der Waals surface area contributed by atoms with Crippen molar-refractivity contribution >= 4 is 21.9 Å². The van der Waals surface area contributed by atoms with Crippen molar-refractivity contribution in [2.24, 2.45) is 0 Å². The number of rotatable bonds is 2. The fourth-order valence-electron chi connectivity index (χ4n) is 2.47. The van der Waals surface area contributed by atoms with Crippen LogP contribution in [-0.2, 0) is 6.42 Å². The zero-order valence-corrected chi connectivity index (χ0v) is 10.2. The minimum Gasteiger partial charge on any atom is -0.361 e. The van der Waals surface area contributed by atoms with Gasteiger partial charge in [-0.15, -0.1) is 0 Å². The normalized spacial score (nSPS) is 11.4. The van der Waals surface area contributed by atoms with E-state index in [1.165, 1.54) is 16.5 Å². The number of aromatic nitrogens is 4. The Morgan fingerprint density at radius 2 is 1.89 bits per heavy atom. The van der Waals surface area contributed by atoms with E-state index >= 15 is 0 Å². The predicted octanol–water partition coefficient (Wildman–Crippen LogP) is 3.03. The number of fused-ring (bicyclic) bond motifs is 2. The molecule has 4 aromatic rings. The number of benzene rings is 1. The van der Waals surface area contributed by atoms with E-state index in [0.29, 0.717) is 0 Å². The highest BCUT2D eigenvalue weighted by molar-refractivity contribution is 5.81. The van der Waals surface area contributed by atoms with E-state index in [2.05, 4.69) is 44.2 Å². The molecule has 4 rings (SSSR count). The van der Waals surface area contributed by atoms with Gasteiger partial charge in [0.15, 0.2) is 0 Å². The molecule has 0 aliphatic carbocycles. The van der Waals surface area contributed by atoms with Crippen LogP contribution in [0.15, 0.2) is 49.1 Å². The fourth-order valence-corrected chi connectivity index (χ4v) is 2.47. The largest absolute Gasteiger partial charge is 0.361 e. The van der Waals surface area contributed by atoms with E-state index in [1.54, 1.807) is 6.33 Å². The van der Waals surface area contributed by atoms with Crippen LogP contribution in [0.3, 0.4) is 0 Å². The molecule has 3 heterocycles. The van der Waals surface area contributed by atoms with Gasteiger partial charge in [0.1, 0.15) is 12.0 Å². The van der Waals surface area contributed by atoms with Crippen molar-refractivity contribution in [1.82, 2.24) is 19.9 Å². The first-order valence-electron chi connectivity index (χ1n) is 6.23. The number of nitrogens with zero attached hydrogens (tertiary/aromatic N) is 2. The van der Waals surface area contributed by atoms with E-state index in [1.807, 2.05) is 18.5 Å². The molecule has 0 bridgehead atoms. The minimum atomic E-state index is 0.817. The van der Waals surface area contributed by atoms with E-state index in [9.17, 15) is 0 Å². The summed E-state index contributed by atoms with van der Waals surface area (Å²) in [5.74, 6) is 0. The summed E-state index contributed by atoms with van der Waals surface area (Å²) in [6, 6.07) is 10.6. The molecule has 4 nitrogen and oxygen atoms in total. The summed E-state index contributed by atoms with van der Waals surface area (Å²) < 4.78 is 0. The number of hydrogen-bond donors (Lipinski definition) is 2. The van der Waals surface area contributed by atoms with Gasteiger partial charge in [-0.25, -0.2) is 9.97 Å². The van der Waals surface area contributed by atoms with Crippen LogP contribution in [0.25, 0.3) is 21.9 Å². The second kappa shape index (κ2) is 3.95. The van der Waals surface area contributed by atoms with Crippen molar-refractivity contribution < 1.29 is 0 Å². The zero-order chi connectivity index (χ0) is 12.7. The van der Waals surface area contributed by atoms with Gasteiger partial charge < -0.3 is 9.97 Å². The molecule has 92 valence electrons. The first-order valence-corrected chi connectivity index (χ1v) is 6.23. The molecule has 0 fully saturated rings. The maximum atomic E-state index is 4.40. The molecule has 0 spiro atoms. The van der Waals surface area contributed by atoms with Gasteiger partial charge in [0.2, 0.25) is 0 Å². The van der Waals surface area contributed by atoms with Crippen molar-refractivity contribution in [1.29, 1.82) is 0 Å². The zero-order valence-electron chi connectivity index (χ0n) is 10.2. The summed E-state index contributed by atoms with van der Waals surface area (Å²) >= 11 is 0. The third kappa shape index (κ3) is 1.69. The molecule has 3 aromatic heterocycles. The molecule has 0 saturated heterocycles. The van der Waals surface area contributed by atoms with Crippen molar-refractivity contribution in [2.75, 3.05) is 0 Å². The van der Waals surface area contributed by atoms with Crippen molar-refractivity contribution in [3.05, 3.63) is 60.3 Å². The van der Waals surface area contributed by atoms with Gasteiger partial charge in [-0.3, -0.25) is 0 Å². The summed E-state index contributed by atoms with van der Waals surface area (Å²) in [6.07, 6.45) is 6.29. The fraction of sp³-hybridized carbons (Fsp3) is 0.0667. The van der Waals surface area contributed by atoms with E-state index in [4.69, 9.17) is 0 Å². The van der Waals surface area contributed by atoms with Crippen molar-refractivity contribution in [2.45, 2.75) is 6.42 Å². The second-order valence-electron chi connectivity index (χ2n) is 4.64. The Bertz CT molecular complexity index is 856. The van der Waals surface area contributed by atoms with E-state index < -0.39 is 0 Å². The quantitative estimate of drug-likeness (QED) is 0.573. The summed E-state index contributed by atoms with van der Waals surface area (Å²) in [4.78, 5) is 14.9. The summed E-state index contributed by atoms with van der Waals surface area (Å²) in [7, 11) is 0. The Labute approximate surface area is 109 Å². The van der Waals surface area contributed by atoms with Gasteiger partial charge >= 0.3 is 0 Å². The standard InChI is InChI=1S/C15H12N4/c1-2-13-11(3-5-16-13)7-10(1)8-14-12-4-6-17-15(12)19-9-18-14/h1-7,9,16H,8H2,(H,17,18,19). The van der Waals surface area contributed by atoms with Gasteiger partial charge in [-0.2, -0.15) is 0 Å². The van der Waals surface area contributed by atoms with Crippen LogP contribution >= 0.6 is 0 Å². The van der Waals surface area contributed by atoms with Gasteiger partial charge in [-0.1, -0.05) is 6.07 Å². The van der Waals surface area contributed by atoms with Crippen LogP contribution in [0.2, 0.25) is 0 Å². The predicted molar refractivity (Wildman–Crippen MR) is 75.0 cm³/mol. The average Bonchev–Trinajstić information content (AvgIpc) is 3.06. The van der Waals surface area contributed by atoms with Gasteiger partial charge in [0.05, 0.1) is 5.69 Å². The smallest absolute Gasteiger partial charge is 0.140 e. The molecular formula is C15H12N4. The molecule has 4 heteroatoms. The third-order valence-electron chi connectivity index (χ3n) is 3.43. The Balaban J connectivity index is 1.79. The SMILES string of the molecule is c1nc(Cc2ccc3[nH]ccc3c2)c2cc[nH]c2n1. The second-order valence-corrected chi connectivity index (χ2v) is 4.64. The monoisotopic (exact) mass is 248 g/mol. The van der Waals surface area contributed by atoms with E-state index in [0.717, 1.165) is 23.1 Å². The molecule has 1 aromatic carbocycles. The number of hydrogen-bond acceptors (Lipinski definition) is 2. The summed E-state index contributed by atoms with van der Waals surface area (Å²) in [5, 5.41) is 2.33. The lowest BCUT2D eigenvalue weighted by Gasteiger charge is -2.03. The lowest BCUT2D eigenvalue weighted by molar-refractivity contribution is 1.06. The van der Waals surface area contributed by atoms with Crippen LogP contribution in [0, 0.1) is 0 Å². The number of nitrogens with one attached hydrogen (secondary N) is 2. The third-order valence-corrected chi connectivity index (χ3v) is 3.43. The molecule has 0 amide bonds. The van der Waals surface area contributed by atoms with Crippen molar-refractivity contribution in [3.8, 4) is 0 Å². The Morgan fingerprint density at radius 1 is 0.947 bits per heavy atom.